The first kappa shape index (κ1) is 24.8. The van der Waals surface area contributed by atoms with Crippen molar-refractivity contribution in [1.82, 2.24) is 19.7 Å². The van der Waals surface area contributed by atoms with Gasteiger partial charge in [-0.2, -0.15) is 18.3 Å². The molecule has 1 N–H and O–H groups in total. The SMILES string of the molecule is COCCn1ccc(C(=O)N2CC3(CC(Oc4ccccn4)CS3)C2)n1.O=C(O)C(F)(F)F. The van der Waals surface area contributed by atoms with E-state index in [0.29, 0.717) is 24.7 Å². The van der Waals surface area contributed by atoms with Crippen LogP contribution in [0.15, 0.2) is 36.7 Å². The third-order valence-electron chi connectivity index (χ3n) is 4.97. The van der Waals surface area contributed by atoms with Crippen LogP contribution in [0.1, 0.15) is 16.9 Å². The fourth-order valence-electron chi connectivity index (χ4n) is 3.43. The Balaban J connectivity index is 0.000000383. The molecular weight excluding hydrogens is 465 g/mol. The highest BCUT2D eigenvalue weighted by Gasteiger charge is 2.51. The summed E-state index contributed by atoms with van der Waals surface area (Å²) in [5, 5.41) is 11.5. The molecule has 4 heterocycles. The van der Waals surface area contributed by atoms with Crippen LogP contribution in [0.25, 0.3) is 0 Å². The standard InChI is InChI=1S/C18H22N4O3S.C2HF3O2/c1-24-9-8-22-7-5-15(20-22)17(23)21-12-18(13-21)10-14(11-26-18)25-16-4-2-3-6-19-16;3-2(4,5)1(6)7/h2-7,14H,8-13H2,1H3;(H,6,7). The molecule has 2 fully saturated rings. The molecule has 0 aliphatic carbocycles. The Hall–Kier alpha value is -2.80. The molecule has 180 valence electrons. The molecule has 33 heavy (non-hydrogen) atoms. The third kappa shape index (κ3) is 6.60. The van der Waals surface area contributed by atoms with Gasteiger partial charge in [-0.25, -0.2) is 9.78 Å². The second kappa shape index (κ2) is 10.4. The number of carboxylic acids is 1. The van der Waals surface area contributed by atoms with Gasteiger partial charge >= 0.3 is 12.1 Å². The Labute approximate surface area is 191 Å². The van der Waals surface area contributed by atoms with Gasteiger partial charge in [0.2, 0.25) is 5.88 Å². The molecule has 1 amide bonds. The topological polar surface area (TPSA) is 107 Å². The molecule has 2 saturated heterocycles. The molecule has 0 saturated carbocycles. The minimum atomic E-state index is -5.08. The smallest absolute Gasteiger partial charge is 0.475 e. The minimum Gasteiger partial charge on any atom is -0.475 e. The summed E-state index contributed by atoms with van der Waals surface area (Å²) in [4.78, 5) is 27.6. The van der Waals surface area contributed by atoms with Crippen molar-refractivity contribution in [3.63, 3.8) is 0 Å². The number of likely N-dealkylation sites (tertiary alicyclic amines) is 1. The van der Waals surface area contributed by atoms with Crippen LogP contribution >= 0.6 is 11.8 Å². The largest absolute Gasteiger partial charge is 0.490 e. The molecule has 2 aliphatic rings. The number of carbonyl (C=O) groups excluding carboxylic acids is 1. The van der Waals surface area contributed by atoms with Gasteiger partial charge in [-0.1, -0.05) is 6.07 Å². The van der Waals surface area contributed by atoms with E-state index in [9.17, 15) is 18.0 Å². The van der Waals surface area contributed by atoms with E-state index in [2.05, 4.69) is 10.1 Å². The predicted molar refractivity (Wildman–Crippen MR) is 112 cm³/mol. The lowest BCUT2D eigenvalue weighted by atomic mass is 9.92. The van der Waals surface area contributed by atoms with Gasteiger partial charge in [0.15, 0.2) is 0 Å². The summed E-state index contributed by atoms with van der Waals surface area (Å²) in [6.45, 7) is 2.74. The number of aliphatic carboxylic acids is 1. The molecule has 0 bridgehead atoms. The second-order valence-corrected chi connectivity index (χ2v) is 9.01. The molecule has 0 radical (unpaired) electrons. The van der Waals surface area contributed by atoms with E-state index in [1.54, 1.807) is 24.1 Å². The number of nitrogens with zero attached hydrogens (tertiary/aromatic N) is 4. The average molecular weight is 488 g/mol. The molecule has 1 atom stereocenters. The number of hydrogen-bond acceptors (Lipinski definition) is 7. The van der Waals surface area contributed by atoms with Crippen LogP contribution in [0.3, 0.4) is 0 Å². The maximum atomic E-state index is 12.6. The number of alkyl halides is 3. The molecule has 1 unspecified atom stereocenters. The first-order valence-corrected chi connectivity index (χ1v) is 10.9. The Morgan fingerprint density at radius 2 is 2.03 bits per heavy atom. The first-order chi connectivity index (χ1) is 15.6. The number of rotatable bonds is 6. The Morgan fingerprint density at radius 3 is 2.64 bits per heavy atom. The number of methoxy groups -OCH3 is 1. The molecule has 1 spiro atoms. The van der Waals surface area contributed by atoms with E-state index >= 15 is 0 Å². The van der Waals surface area contributed by atoms with Gasteiger partial charge in [-0.15, -0.1) is 11.8 Å². The summed E-state index contributed by atoms with van der Waals surface area (Å²) in [6, 6.07) is 7.46. The normalized spacial score (nSPS) is 18.9. The maximum Gasteiger partial charge on any atom is 0.490 e. The molecule has 13 heteroatoms. The van der Waals surface area contributed by atoms with Crippen LogP contribution < -0.4 is 4.74 Å². The van der Waals surface area contributed by atoms with Gasteiger partial charge in [-0.3, -0.25) is 9.48 Å². The third-order valence-corrected chi connectivity index (χ3v) is 6.55. The Morgan fingerprint density at radius 1 is 1.30 bits per heavy atom. The van der Waals surface area contributed by atoms with Crippen LogP contribution in [0.5, 0.6) is 5.88 Å². The number of pyridine rings is 1. The van der Waals surface area contributed by atoms with Gasteiger partial charge < -0.3 is 19.5 Å². The fraction of sp³-hybridized carbons (Fsp3) is 0.500. The molecule has 4 rings (SSSR count). The summed E-state index contributed by atoms with van der Waals surface area (Å²) in [7, 11) is 1.65. The summed E-state index contributed by atoms with van der Waals surface area (Å²) in [5.74, 6) is -1.15. The predicted octanol–water partition coefficient (Wildman–Crippen LogP) is 2.34. The zero-order valence-corrected chi connectivity index (χ0v) is 18.5. The van der Waals surface area contributed by atoms with E-state index < -0.39 is 12.1 Å². The second-order valence-electron chi connectivity index (χ2n) is 7.53. The number of hydrogen-bond donors (Lipinski definition) is 1. The molecular formula is C20H23F3N4O5S. The maximum absolute atomic E-state index is 12.6. The number of aromatic nitrogens is 3. The van der Waals surface area contributed by atoms with Crippen molar-refractivity contribution in [1.29, 1.82) is 0 Å². The van der Waals surface area contributed by atoms with E-state index in [0.717, 1.165) is 25.3 Å². The number of carboxylic acid groups (broad SMARTS) is 1. The lowest BCUT2D eigenvalue weighted by Crippen LogP contribution is -2.60. The molecule has 2 aliphatic heterocycles. The summed E-state index contributed by atoms with van der Waals surface area (Å²) >= 11 is 1.90. The minimum absolute atomic E-state index is 0.00138. The number of amides is 1. The lowest BCUT2D eigenvalue weighted by molar-refractivity contribution is -0.192. The van der Waals surface area contributed by atoms with Crippen molar-refractivity contribution in [3.8, 4) is 5.88 Å². The average Bonchev–Trinajstić information content (AvgIpc) is 3.39. The number of carbonyl (C=O) groups is 2. The number of halogens is 3. The highest BCUT2D eigenvalue weighted by atomic mass is 32.2. The van der Waals surface area contributed by atoms with Crippen molar-refractivity contribution in [2.75, 3.05) is 32.6 Å². The van der Waals surface area contributed by atoms with Crippen molar-refractivity contribution in [2.45, 2.75) is 30.0 Å². The summed E-state index contributed by atoms with van der Waals surface area (Å²) in [5.41, 5.74) is 0.500. The molecule has 9 nitrogen and oxygen atoms in total. The van der Waals surface area contributed by atoms with E-state index in [1.165, 1.54) is 0 Å². The quantitative estimate of drug-likeness (QED) is 0.661. The van der Waals surface area contributed by atoms with Gasteiger partial charge in [0.25, 0.3) is 5.91 Å². The summed E-state index contributed by atoms with van der Waals surface area (Å²) in [6.07, 6.45) is -0.424. The van der Waals surface area contributed by atoms with Crippen LogP contribution in [0.4, 0.5) is 13.2 Å². The van der Waals surface area contributed by atoms with Crippen molar-refractivity contribution in [2.24, 2.45) is 0 Å². The van der Waals surface area contributed by atoms with Crippen molar-refractivity contribution >= 4 is 23.6 Å². The summed E-state index contributed by atoms with van der Waals surface area (Å²) < 4.78 is 44.6. The highest BCUT2D eigenvalue weighted by molar-refractivity contribution is 8.01. The Bertz CT molecular complexity index is 951. The zero-order chi connectivity index (χ0) is 24.1. The van der Waals surface area contributed by atoms with Crippen molar-refractivity contribution < 1.29 is 37.3 Å². The van der Waals surface area contributed by atoms with Gasteiger partial charge in [0, 0.05) is 50.8 Å². The lowest BCUT2D eigenvalue weighted by Gasteiger charge is -2.47. The van der Waals surface area contributed by atoms with E-state index in [-0.39, 0.29) is 16.8 Å². The Kier molecular flexibility index (Phi) is 7.84. The van der Waals surface area contributed by atoms with Gasteiger partial charge in [0.1, 0.15) is 11.8 Å². The fourth-order valence-corrected chi connectivity index (χ4v) is 4.95. The van der Waals surface area contributed by atoms with E-state index in [1.807, 2.05) is 41.1 Å². The van der Waals surface area contributed by atoms with Crippen LogP contribution in [-0.4, -0.2) is 86.2 Å². The highest BCUT2D eigenvalue weighted by Crippen LogP contribution is 2.46. The van der Waals surface area contributed by atoms with Gasteiger partial charge in [0.05, 0.1) is 17.9 Å². The number of ether oxygens (including phenoxy) is 2. The van der Waals surface area contributed by atoms with Crippen LogP contribution in [0, 0.1) is 0 Å². The first-order valence-electron chi connectivity index (χ1n) is 9.95. The van der Waals surface area contributed by atoms with Crippen molar-refractivity contribution in [3.05, 3.63) is 42.4 Å². The molecule has 0 aromatic carbocycles. The van der Waals surface area contributed by atoms with Gasteiger partial charge in [-0.05, 0) is 12.1 Å². The molecule has 2 aromatic rings. The monoisotopic (exact) mass is 488 g/mol. The van der Waals surface area contributed by atoms with Crippen LogP contribution in [0.2, 0.25) is 0 Å². The van der Waals surface area contributed by atoms with Crippen LogP contribution in [-0.2, 0) is 16.1 Å². The zero-order valence-electron chi connectivity index (χ0n) is 17.7. The van der Waals surface area contributed by atoms with E-state index in [4.69, 9.17) is 19.4 Å². The number of thioether (sulfide) groups is 1. The molecule has 2 aromatic heterocycles.